The number of aryl methyl sites for hydroxylation is 1. The number of hydrogen-bond acceptors (Lipinski definition) is 8. The Morgan fingerprint density at radius 2 is 2.03 bits per heavy atom. The van der Waals surface area contributed by atoms with Gasteiger partial charge in [-0.05, 0) is 62.9 Å². The molecule has 0 aliphatic carbocycles. The number of epoxide rings is 1. The highest BCUT2D eigenvalue weighted by molar-refractivity contribution is 7.85. The van der Waals surface area contributed by atoms with Crippen LogP contribution in [0.25, 0.3) is 6.08 Å². The van der Waals surface area contributed by atoms with E-state index >= 15 is 0 Å². The van der Waals surface area contributed by atoms with Gasteiger partial charge in [-0.3, -0.25) is 4.18 Å². The van der Waals surface area contributed by atoms with Crippen molar-refractivity contribution in [3.8, 4) is 0 Å². The zero-order valence-electron chi connectivity index (χ0n) is 22.7. The number of carbonyl (C=O) groups is 1. The Morgan fingerprint density at radius 3 is 2.54 bits per heavy atom. The van der Waals surface area contributed by atoms with Crippen molar-refractivity contribution in [3.05, 3.63) is 21.7 Å². The maximum Gasteiger partial charge on any atom is 0.264 e. The van der Waals surface area contributed by atoms with Gasteiger partial charge in [0.05, 0.1) is 35.8 Å². The summed E-state index contributed by atoms with van der Waals surface area (Å²) in [6.45, 7) is 17.0. The Balaban J connectivity index is 2.26. The SMILES string of the molecule is C/C(=C\c1csc(C)n1)[C@H](C[C@@H]1O[C@@]1(CCC[C@H](C)C=O)COS(C)(=O)=O)O[Si](C)(C)C(C)(C)C. The number of nitrogens with zero attached hydrogens (tertiary/aromatic N) is 1. The minimum atomic E-state index is -3.60. The molecule has 1 aromatic rings. The van der Waals surface area contributed by atoms with Crippen molar-refractivity contribution >= 4 is 42.1 Å². The summed E-state index contributed by atoms with van der Waals surface area (Å²) in [5.41, 5.74) is 1.31. The zero-order valence-corrected chi connectivity index (χ0v) is 25.3. The average Bonchev–Trinajstić information content (AvgIpc) is 3.23. The van der Waals surface area contributed by atoms with Gasteiger partial charge in [-0.1, -0.05) is 27.7 Å². The molecule has 1 aliphatic heterocycles. The Labute approximate surface area is 216 Å². The fourth-order valence-corrected chi connectivity index (χ4v) is 6.09. The van der Waals surface area contributed by atoms with E-state index in [0.29, 0.717) is 12.8 Å². The number of thiazole rings is 1. The number of hydrogen-bond donors (Lipinski definition) is 0. The van der Waals surface area contributed by atoms with Crippen LogP contribution in [0.3, 0.4) is 0 Å². The highest BCUT2D eigenvalue weighted by atomic mass is 32.2. The largest absolute Gasteiger partial charge is 0.410 e. The van der Waals surface area contributed by atoms with Gasteiger partial charge in [0.15, 0.2) is 8.32 Å². The van der Waals surface area contributed by atoms with Gasteiger partial charge in [0.2, 0.25) is 0 Å². The first-order valence-corrected chi connectivity index (χ1v) is 17.8. The monoisotopic (exact) mass is 545 g/mol. The van der Waals surface area contributed by atoms with Crippen LogP contribution in [0.4, 0.5) is 0 Å². The molecule has 200 valence electrons. The van der Waals surface area contributed by atoms with Crippen molar-refractivity contribution in [1.29, 1.82) is 0 Å². The van der Waals surface area contributed by atoms with Crippen LogP contribution in [-0.2, 0) is 28.3 Å². The van der Waals surface area contributed by atoms with Crippen LogP contribution < -0.4 is 0 Å². The van der Waals surface area contributed by atoms with Crippen LogP contribution >= 0.6 is 11.3 Å². The van der Waals surface area contributed by atoms with Gasteiger partial charge in [-0.2, -0.15) is 8.42 Å². The fraction of sp³-hybridized carbons (Fsp3) is 0.760. The summed E-state index contributed by atoms with van der Waals surface area (Å²) in [6, 6.07) is 0. The maximum absolute atomic E-state index is 11.7. The molecule has 0 aromatic carbocycles. The second kappa shape index (κ2) is 11.6. The van der Waals surface area contributed by atoms with Crippen molar-refractivity contribution in [2.24, 2.45) is 5.92 Å². The van der Waals surface area contributed by atoms with Gasteiger partial charge in [-0.15, -0.1) is 11.3 Å². The Kier molecular flexibility index (Phi) is 10.1. The van der Waals surface area contributed by atoms with Crippen LogP contribution in [0.5, 0.6) is 0 Å². The summed E-state index contributed by atoms with van der Waals surface area (Å²) in [5, 5.41) is 3.08. The second-order valence-corrected chi connectivity index (χ2v) is 18.9. The molecule has 7 nitrogen and oxygen atoms in total. The Hall–Kier alpha value is -0.913. The number of aldehydes is 1. The average molecular weight is 546 g/mol. The first-order chi connectivity index (χ1) is 16.0. The third kappa shape index (κ3) is 9.16. The van der Waals surface area contributed by atoms with Crippen LogP contribution in [-0.4, -0.2) is 58.7 Å². The lowest BCUT2D eigenvalue weighted by Gasteiger charge is -2.39. The molecule has 0 radical (unpaired) electrons. The summed E-state index contributed by atoms with van der Waals surface area (Å²) >= 11 is 1.61. The Bertz CT molecular complexity index is 998. The minimum absolute atomic E-state index is 0.0210. The molecule has 0 bridgehead atoms. The Morgan fingerprint density at radius 1 is 1.37 bits per heavy atom. The maximum atomic E-state index is 11.7. The van der Waals surface area contributed by atoms with Crippen molar-refractivity contribution in [2.45, 2.75) is 103 Å². The molecular formula is C25H43NO6S2Si. The van der Waals surface area contributed by atoms with E-state index in [0.717, 1.165) is 41.7 Å². The van der Waals surface area contributed by atoms with E-state index in [4.69, 9.17) is 13.3 Å². The first kappa shape index (κ1) is 30.3. The molecule has 0 amide bonds. The second-order valence-electron chi connectivity index (χ2n) is 11.4. The van der Waals surface area contributed by atoms with Gasteiger partial charge in [0.1, 0.15) is 11.9 Å². The lowest BCUT2D eigenvalue weighted by atomic mass is 9.92. The molecule has 35 heavy (non-hydrogen) atoms. The summed E-state index contributed by atoms with van der Waals surface area (Å²) in [4.78, 5) is 15.6. The zero-order chi connectivity index (χ0) is 26.7. The number of ether oxygens (including phenoxy) is 1. The van der Waals surface area contributed by atoms with Crippen LogP contribution in [0, 0.1) is 12.8 Å². The number of carbonyl (C=O) groups excluding carboxylic acids is 1. The quantitative estimate of drug-likeness (QED) is 0.127. The summed E-state index contributed by atoms with van der Waals surface area (Å²) < 4.78 is 41.6. The lowest BCUT2D eigenvalue weighted by molar-refractivity contribution is -0.110. The summed E-state index contributed by atoms with van der Waals surface area (Å²) in [6.07, 6.45) is 6.42. The number of rotatable bonds is 14. The van der Waals surface area contributed by atoms with E-state index in [-0.39, 0.29) is 29.8 Å². The van der Waals surface area contributed by atoms with Gasteiger partial charge in [-0.25, -0.2) is 4.98 Å². The molecule has 0 N–H and O–H groups in total. The predicted octanol–water partition coefficient (Wildman–Crippen LogP) is 5.75. The smallest absolute Gasteiger partial charge is 0.264 e. The van der Waals surface area contributed by atoms with Crippen molar-refractivity contribution in [1.82, 2.24) is 4.98 Å². The predicted molar refractivity (Wildman–Crippen MR) is 145 cm³/mol. The van der Waals surface area contributed by atoms with E-state index in [9.17, 15) is 13.2 Å². The highest BCUT2D eigenvalue weighted by Crippen LogP contribution is 2.47. The topological polar surface area (TPSA) is 95.1 Å². The molecule has 10 heteroatoms. The molecule has 2 heterocycles. The van der Waals surface area contributed by atoms with Crippen LogP contribution in [0.2, 0.25) is 18.1 Å². The van der Waals surface area contributed by atoms with E-state index in [1.165, 1.54) is 0 Å². The first-order valence-electron chi connectivity index (χ1n) is 12.2. The molecule has 1 fully saturated rings. The normalized spacial score (nSPS) is 23.2. The van der Waals surface area contributed by atoms with Gasteiger partial charge in [0, 0.05) is 17.7 Å². The molecule has 2 rings (SSSR count). The van der Waals surface area contributed by atoms with Crippen molar-refractivity contribution < 1.29 is 26.6 Å². The third-order valence-corrected chi connectivity index (χ3v) is 12.9. The van der Waals surface area contributed by atoms with Gasteiger partial charge >= 0.3 is 0 Å². The molecule has 4 atom stereocenters. The van der Waals surface area contributed by atoms with Crippen LogP contribution in [0.1, 0.15) is 71.0 Å². The summed E-state index contributed by atoms with van der Waals surface area (Å²) in [7, 11) is -5.70. The van der Waals surface area contributed by atoms with E-state index < -0.39 is 24.0 Å². The standard InChI is InChI=1S/C25H43NO6S2Si/c1-18(15-27)11-10-12-25(17-30-34(7,28)29)23(31-25)14-22(32-35(8,9)24(4,5)6)19(2)13-21-16-33-20(3)26-21/h13,15-16,18,22-23H,10-12,14,17H2,1-9H3/b19-13+/t18-,22-,23-,25-/m0/s1. The van der Waals surface area contributed by atoms with E-state index in [2.05, 4.69) is 51.8 Å². The molecule has 0 saturated carbocycles. The van der Waals surface area contributed by atoms with E-state index in [1.807, 2.05) is 19.2 Å². The van der Waals surface area contributed by atoms with Gasteiger partial charge in [0.25, 0.3) is 10.1 Å². The van der Waals surface area contributed by atoms with E-state index in [1.54, 1.807) is 11.3 Å². The molecule has 0 unspecified atom stereocenters. The lowest BCUT2D eigenvalue weighted by Crippen LogP contribution is -2.44. The highest BCUT2D eigenvalue weighted by Gasteiger charge is 2.57. The van der Waals surface area contributed by atoms with Crippen LogP contribution in [0.15, 0.2) is 11.0 Å². The summed E-state index contributed by atoms with van der Waals surface area (Å²) in [5.74, 6) is -0.0403. The molecular weight excluding hydrogens is 502 g/mol. The van der Waals surface area contributed by atoms with Crippen molar-refractivity contribution in [2.75, 3.05) is 12.9 Å². The third-order valence-electron chi connectivity index (χ3n) is 7.11. The molecule has 1 aromatic heterocycles. The number of aromatic nitrogens is 1. The fourth-order valence-electron chi connectivity index (χ4n) is 3.76. The van der Waals surface area contributed by atoms with Crippen molar-refractivity contribution in [3.63, 3.8) is 0 Å². The molecule has 1 aliphatic rings. The minimum Gasteiger partial charge on any atom is -0.410 e. The molecule has 1 saturated heterocycles. The molecule has 0 spiro atoms. The van der Waals surface area contributed by atoms with Gasteiger partial charge < -0.3 is 14.0 Å².